The summed E-state index contributed by atoms with van der Waals surface area (Å²) in [6.45, 7) is 5.09. The van der Waals surface area contributed by atoms with Crippen LogP contribution in [0.2, 0.25) is 0 Å². The SMILES string of the molecule is Cc1cc(S(=O)(=O)F)n(C(C)C)n1. The van der Waals surface area contributed by atoms with Crippen LogP contribution in [-0.4, -0.2) is 18.2 Å². The first kappa shape index (κ1) is 10.2. The topological polar surface area (TPSA) is 52.0 Å². The summed E-state index contributed by atoms with van der Waals surface area (Å²) in [7, 11) is -4.66. The molecule has 1 aromatic rings. The highest BCUT2D eigenvalue weighted by atomic mass is 32.3. The van der Waals surface area contributed by atoms with Gasteiger partial charge in [-0.15, -0.1) is 0 Å². The van der Waals surface area contributed by atoms with Crippen molar-refractivity contribution in [3.8, 4) is 0 Å². The number of nitrogens with zero attached hydrogens (tertiary/aromatic N) is 2. The number of aromatic nitrogens is 2. The highest BCUT2D eigenvalue weighted by molar-refractivity contribution is 7.86. The van der Waals surface area contributed by atoms with Crippen molar-refractivity contribution in [2.75, 3.05) is 0 Å². The Morgan fingerprint density at radius 1 is 1.54 bits per heavy atom. The standard InChI is InChI=1S/C7H11FN2O2S/c1-5(2)10-7(13(8,11)12)4-6(3)9-10/h4-5H,1-3H3. The zero-order chi connectivity index (χ0) is 10.2. The lowest BCUT2D eigenvalue weighted by atomic mass is 10.4. The Labute approximate surface area is 76.6 Å². The second kappa shape index (κ2) is 3.10. The average Bonchev–Trinajstić information content (AvgIpc) is 2.29. The summed E-state index contributed by atoms with van der Waals surface area (Å²) in [6.07, 6.45) is 0. The molecule has 1 rings (SSSR count). The van der Waals surface area contributed by atoms with E-state index in [0.717, 1.165) is 4.68 Å². The predicted molar refractivity (Wildman–Crippen MR) is 45.6 cm³/mol. The lowest BCUT2D eigenvalue weighted by Gasteiger charge is -2.06. The summed E-state index contributed by atoms with van der Waals surface area (Å²) in [6, 6.07) is 1.05. The molecule has 4 nitrogen and oxygen atoms in total. The lowest BCUT2D eigenvalue weighted by molar-refractivity contribution is 0.465. The zero-order valence-corrected chi connectivity index (χ0v) is 8.47. The maximum atomic E-state index is 12.7. The molecule has 6 heteroatoms. The molecule has 0 aliphatic carbocycles. The van der Waals surface area contributed by atoms with Gasteiger partial charge in [0, 0.05) is 12.1 Å². The van der Waals surface area contributed by atoms with Crippen LogP contribution in [0, 0.1) is 6.92 Å². The molecule has 0 aliphatic rings. The van der Waals surface area contributed by atoms with Crippen molar-refractivity contribution in [1.29, 1.82) is 0 Å². The average molecular weight is 206 g/mol. The smallest absolute Gasteiger partial charge is 0.249 e. The van der Waals surface area contributed by atoms with Gasteiger partial charge >= 0.3 is 10.2 Å². The normalized spacial score (nSPS) is 12.4. The molecule has 1 aromatic heterocycles. The first-order valence-electron chi connectivity index (χ1n) is 3.83. The number of hydrogen-bond donors (Lipinski definition) is 0. The van der Waals surface area contributed by atoms with E-state index in [2.05, 4.69) is 5.10 Å². The van der Waals surface area contributed by atoms with Crippen molar-refractivity contribution in [3.05, 3.63) is 11.8 Å². The maximum absolute atomic E-state index is 12.7. The van der Waals surface area contributed by atoms with Crippen LogP contribution in [-0.2, 0) is 10.2 Å². The van der Waals surface area contributed by atoms with E-state index in [1.165, 1.54) is 6.07 Å². The Morgan fingerprint density at radius 2 is 2.08 bits per heavy atom. The molecule has 1 heterocycles. The van der Waals surface area contributed by atoms with E-state index in [-0.39, 0.29) is 11.1 Å². The monoisotopic (exact) mass is 206 g/mol. The number of rotatable bonds is 2. The minimum atomic E-state index is -4.66. The van der Waals surface area contributed by atoms with Crippen molar-refractivity contribution < 1.29 is 12.3 Å². The van der Waals surface area contributed by atoms with Crippen LogP contribution in [0.25, 0.3) is 0 Å². The van der Waals surface area contributed by atoms with E-state index in [1.807, 2.05) is 0 Å². The molecule has 0 atom stereocenters. The first-order valence-corrected chi connectivity index (χ1v) is 5.21. The van der Waals surface area contributed by atoms with E-state index in [4.69, 9.17) is 0 Å². The van der Waals surface area contributed by atoms with Gasteiger partial charge in [-0.25, -0.2) is 4.68 Å². The summed E-state index contributed by atoms with van der Waals surface area (Å²) in [5.74, 6) is 0. The Bertz CT molecular complexity index is 408. The quantitative estimate of drug-likeness (QED) is 0.688. The number of hydrogen-bond acceptors (Lipinski definition) is 3. The summed E-state index contributed by atoms with van der Waals surface area (Å²) in [5, 5.41) is 3.50. The van der Waals surface area contributed by atoms with Crippen molar-refractivity contribution in [3.63, 3.8) is 0 Å². The zero-order valence-electron chi connectivity index (χ0n) is 7.65. The van der Waals surface area contributed by atoms with Crippen molar-refractivity contribution in [1.82, 2.24) is 9.78 Å². The van der Waals surface area contributed by atoms with Gasteiger partial charge in [-0.1, -0.05) is 3.89 Å². The number of halogens is 1. The third-order valence-corrected chi connectivity index (χ3v) is 2.37. The van der Waals surface area contributed by atoms with Crippen LogP contribution in [0.5, 0.6) is 0 Å². The summed E-state index contributed by atoms with van der Waals surface area (Å²) in [5.41, 5.74) is 0.491. The molecule has 0 saturated carbocycles. The second-order valence-corrected chi connectivity index (χ2v) is 4.39. The van der Waals surface area contributed by atoms with Gasteiger partial charge in [-0.3, -0.25) is 0 Å². The fraction of sp³-hybridized carbons (Fsp3) is 0.571. The molecule has 0 aliphatic heterocycles. The highest BCUT2D eigenvalue weighted by Crippen LogP contribution is 2.17. The van der Waals surface area contributed by atoms with Crippen LogP contribution in [0.4, 0.5) is 3.89 Å². The Kier molecular flexibility index (Phi) is 2.42. The largest absolute Gasteiger partial charge is 0.349 e. The van der Waals surface area contributed by atoms with Crippen molar-refractivity contribution in [2.45, 2.75) is 31.8 Å². The van der Waals surface area contributed by atoms with Gasteiger partial charge in [-0.05, 0) is 20.8 Å². The molecule has 0 unspecified atom stereocenters. The van der Waals surface area contributed by atoms with Crippen LogP contribution < -0.4 is 0 Å². The summed E-state index contributed by atoms with van der Waals surface area (Å²) in [4.78, 5) is 0. The van der Waals surface area contributed by atoms with Gasteiger partial charge in [0.25, 0.3) is 0 Å². The van der Waals surface area contributed by atoms with Crippen LogP contribution in [0.15, 0.2) is 11.1 Å². The van der Waals surface area contributed by atoms with Gasteiger partial charge in [0.05, 0.1) is 5.69 Å². The highest BCUT2D eigenvalue weighted by Gasteiger charge is 2.20. The third kappa shape index (κ3) is 2.06. The van der Waals surface area contributed by atoms with E-state index >= 15 is 0 Å². The molecular formula is C7H11FN2O2S. The predicted octanol–water partition coefficient (Wildman–Crippen LogP) is 1.43. The number of aryl methyl sites for hydroxylation is 1. The van der Waals surface area contributed by atoms with Crippen molar-refractivity contribution in [2.24, 2.45) is 0 Å². The Balaban J connectivity index is 3.37. The molecular weight excluding hydrogens is 195 g/mol. The molecule has 0 spiro atoms. The van der Waals surface area contributed by atoms with E-state index in [9.17, 15) is 12.3 Å². The molecule has 0 radical (unpaired) electrons. The molecule has 0 amide bonds. The molecule has 74 valence electrons. The Hall–Kier alpha value is -0.910. The molecule has 13 heavy (non-hydrogen) atoms. The molecule has 0 N–H and O–H groups in total. The first-order chi connectivity index (χ1) is 5.82. The minimum absolute atomic E-state index is 0.172. The van der Waals surface area contributed by atoms with Crippen molar-refractivity contribution >= 4 is 10.2 Å². The van der Waals surface area contributed by atoms with Gasteiger partial charge < -0.3 is 0 Å². The third-order valence-electron chi connectivity index (χ3n) is 1.56. The molecule has 0 bridgehead atoms. The molecule has 0 fully saturated rings. The van der Waals surface area contributed by atoms with Crippen LogP contribution >= 0.6 is 0 Å². The summed E-state index contributed by atoms with van der Waals surface area (Å²) < 4.78 is 35.1. The molecule has 0 aromatic carbocycles. The molecule has 0 saturated heterocycles. The van der Waals surface area contributed by atoms with Crippen LogP contribution in [0.1, 0.15) is 25.6 Å². The van der Waals surface area contributed by atoms with Crippen LogP contribution in [0.3, 0.4) is 0 Å². The second-order valence-electron chi connectivity index (χ2n) is 3.10. The van der Waals surface area contributed by atoms with Gasteiger partial charge in [-0.2, -0.15) is 13.5 Å². The van der Waals surface area contributed by atoms with E-state index in [0.29, 0.717) is 5.69 Å². The fourth-order valence-corrected chi connectivity index (χ4v) is 1.83. The maximum Gasteiger partial charge on any atom is 0.349 e. The Morgan fingerprint density at radius 3 is 2.38 bits per heavy atom. The summed E-state index contributed by atoms with van der Waals surface area (Å²) >= 11 is 0. The van der Waals surface area contributed by atoms with Gasteiger partial charge in [0.1, 0.15) is 0 Å². The van der Waals surface area contributed by atoms with E-state index in [1.54, 1.807) is 20.8 Å². The lowest BCUT2D eigenvalue weighted by Crippen LogP contribution is -2.09. The minimum Gasteiger partial charge on any atom is -0.249 e. The van der Waals surface area contributed by atoms with Gasteiger partial charge in [0.15, 0.2) is 5.03 Å². The van der Waals surface area contributed by atoms with Gasteiger partial charge in [0.2, 0.25) is 0 Å². The fourth-order valence-electron chi connectivity index (χ4n) is 1.04. The van der Waals surface area contributed by atoms with E-state index < -0.39 is 10.2 Å².